The summed E-state index contributed by atoms with van der Waals surface area (Å²) in [5.74, 6) is 0.337. The maximum atomic E-state index is 11.4. The van der Waals surface area contributed by atoms with Crippen molar-refractivity contribution in [3.05, 3.63) is 33.2 Å². The second-order valence-corrected chi connectivity index (χ2v) is 7.56. The van der Waals surface area contributed by atoms with Crippen molar-refractivity contribution >= 4 is 17.7 Å². The van der Waals surface area contributed by atoms with Gasteiger partial charge in [0.2, 0.25) is 11.8 Å². The Balaban J connectivity index is 1.59. The fourth-order valence-electron chi connectivity index (χ4n) is 3.52. The van der Waals surface area contributed by atoms with Gasteiger partial charge >= 0.3 is 5.69 Å². The molecule has 0 unspecified atom stereocenters. The average molecular weight is 413 g/mol. The molecule has 0 bridgehead atoms. The van der Waals surface area contributed by atoms with Crippen LogP contribution in [0.4, 0.5) is 5.95 Å². The van der Waals surface area contributed by atoms with Crippen LogP contribution in [0.2, 0.25) is 0 Å². The van der Waals surface area contributed by atoms with Gasteiger partial charge in [-0.25, -0.2) is 9.79 Å². The summed E-state index contributed by atoms with van der Waals surface area (Å²) in [5.41, 5.74) is 0.824. The number of aromatic nitrogens is 6. The van der Waals surface area contributed by atoms with Crippen LogP contribution in [-0.4, -0.2) is 90.0 Å². The van der Waals surface area contributed by atoms with Crippen molar-refractivity contribution in [1.29, 1.82) is 0 Å². The van der Waals surface area contributed by atoms with Crippen LogP contribution in [0.25, 0.3) is 11.7 Å². The summed E-state index contributed by atoms with van der Waals surface area (Å²) in [5, 5.41) is 24.0. The smallest absolute Gasteiger partial charge is 0.326 e. The quantitative estimate of drug-likeness (QED) is 0.361. The molecule has 3 aromatic rings. The molecule has 158 valence electrons. The number of aliphatic hydroxyl groups excluding tert-OH is 1. The number of hydrogen-bond donors (Lipinski definition) is 4. The first-order chi connectivity index (χ1) is 14.6. The molecule has 30 heavy (non-hydrogen) atoms. The summed E-state index contributed by atoms with van der Waals surface area (Å²) >= 11 is 0. The van der Waals surface area contributed by atoms with E-state index in [9.17, 15) is 9.90 Å². The minimum absolute atomic E-state index is 0.149. The molecule has 2 fully saturated rings. The van der Waals surface area contributed by atoms with Gasteiger partial charge in [-0.05, 0) is 18.9 Å². The van der Waals surface area contributed by atoms with Gasteiger partial charge in [0.1, 0.15) is 5.69 Å². The fraction of sp³-hybridized carbons (Fsp3) is 0.500. The molecule has 3 aromatic heterocycles. The lowest BCUT2D eigenvalue weighted by Crippen LogP contribution is -2.48. The number of hydrogen-bond acceptors (Lipinski definition) is 9. The van der Waals surface area contributed by atoms with E-state index in [4.69, 9.17) is 15.1 Å². The van der Waals surface area contributed by atoms with E-state index in [1.807, 2.05) is 0 Å². The van der Waals surface area contributed by atoms with Gasteiger partial charge in [-0.2, -0.15) is 19.6 Å². The van der Waals surface area contributed by atoms with Crippen LogP contribution in [0.3, 0.4) is 0 Å². The average Bonchev–Trinajstić information content (AvgIpc) is 3.37. The molecule has 5 rings (SSSR count). The Labute approximate surface area is 170 Å². The molecule has 4 N–H and O–H groups in total. The predicted molar refractivity (Wildman–Crippen MR) is 107 cm³/mol. The number of fused-ring (bicyclic) bond motifs is 1. The molecule has 0 radical (unpaired) electrons. The van der Waals surface area contributed by atoms with E-state index < -0.39 is 5.69 Å². The molecule has 12 heteroatoms. The van der Waals surface area contributed by atoms with Gasteiger partial charge in [0, 0.05) is 37.9 Å². The van der Waals surface area contributed by atoms with Crippen LogP contribution in [0.1, 0.15) is 18.5 Å². The van der Waals surface area contributed by atoms with Crippen LogP contribution in [0.5, 0.6) is 5.88 Å². The van der Waals surface area contributed by atoms with Crippen molar-refractivity contribution in [2.45, 2.75) is 18.9 Å². The molecule has 4 heterocycles. The highest BCUT2D eigenvalue weighted by molar-refractivity contribution is 5.57. The van der Waals surface area contributed by atoms with Crippen LogP contribution >= 0.6 is 0 Å². The molecule has 12 nitrogen and oxygen atoms in total. The molecule has 1 saturated heterocycles. The highest BCUT2D eigenvalue weighted by atomic mass is 16.3. The van der Waals surface area contributed by atoms with E-state index in [0.29, 0.717) is 29.0 Å². The summed E-state index contributed by atoms with van der Waals surface area (Å²) in [4.78, 5) is 34.7. The first-order valence-corrected chi connectivity index (χ1v) is 10.0. The molecule has 0 atom stereocenters. The van der Waals surface area contributed by atoms with E-state index in [0.717, 1.165) is 39.0 Å². The van der Waals surface area contributed by atoms with Crippen molar-refractivity contribution in [3.63, 3.8) is 0 Å². The molecule has 2 aliphatic rings. The molecule has 0 aromatic carbocycles. The number of piperazine rings is 1. The normalized spacial score (nSPS) is 19.3. The van der Waals surface area contributed by atoms with E-state index in [-0.39, 0.29) is 24.2 Å². The molecule has 0 amide bonds. The maximum absolute atomic E-state index is 11.4. The fourth-order valence-corrected chi connectivity index (χ4v) is 3.52. The van der Waals surface area contributed by atoms with Crippen molar-refractivity contribution in [3.8, 4) is 5.88 Å². The van der Waals surface area contributed by atoms with Crippen molar-refractivity contribution in [2.75, 3.05) is 44.2 Å². The second-order valence-electron chi connectivity index (χ2n) is 7.56. The zero-order valence-corrected chi connectivity index (χ0v) is 16.3. The number of aromatic hydroxyl groups is 1. The van der Waals surface area contributed by atoms with Gasteiger partial charge < -0.3 is 20.1 Å². The number of rotatable bonds is 5. The molecule has 0 spiro atoms. The van der Waals surface area contributed by atoms with E-state index >= 15 is 0 Å². The first kappa shape index (κ1) is 18.8. The number of aliphatic hydroxyl groups is 1. The number of H-pyrrole nitrogens is 2. The van der Waals surface area contributed by atoms with Crippen LogP contribution in [-0.2, 0) is 0 Å². The Kier molecular flexibility index (Phi) is 4.71. The van der Waals surface area contributed by atoms with Gasteiger partial charge in [0.05, 0.1) is 18.8 Å². The maximum Gasteiger partial charge on any atom is 0.326 e. The van der Waals surface area contributed by atoms with E-state index in [2.05, 4.69) is 29.9 Å². The van der Waals surface area contributed by atoms with Crippen LogP contribution < -0.4 is 21.4 Å². The number of β-amino-alcohol motifs (C(OH)–C–C–N with tert-alkyl or cyclic N) is 1. The third-order valence-electron chi connectivity index (χ3n) is 5.32. The SMILES string of the molecule is O=c1[nH]c(O)c(/C=c2/cnn3c(=NC4CC4)nc(N4CCN(CCO)CC4)nc23)[nH]1. The van der Waals surface area contributed by atoms with E-state index in [1.54, 1.807) is 16.8 Å². The second kappa shape index (κ2) is 7.54. The zero-order chi connectivity index (χ0) is 20.7. The third kappa shape index (κ3) is 3.66. The van der Waals surface area contributed by atoms with Gasteiger partial charge in [-0.15, -0.1) is 0 Å². The van der Waals surface area contributed by atoms with Gasteiger partial charge in [-0.3, -0.25) is 9.88 Å². The molecular weight excluding hydrogens is 390 g/mol. The highest BCUT2D eigenvalue weighted by Crippen LogP contribution is 2.22. The van der Waals surface area contributed by atoms with Crippen molar-refractivity contribution in [1.82, 2.24) is 34.4 Å². The Morgan fingerprint density at radius 2 is 2.00 bits per heavy atom. The Hall–Kier alpha value is -3.25. The summed E-state index contributed by atoms with van der Waals surface area (Å²) in [6.07, 6.45) is 5.31. The molecule has 1 aliphatic heterocycles. The summed E-state index contributed by atoms with van der Waals surface area (Å²) in [6.45, 7) is 3.95. The standard InChI is InChI=1S/C18H23N9O3/c28-8-7-25-3-5-26(6-4-25)16-22-14-11(9-13-15(29)23-18(30)21-13)10-19-27(14)17(24-16)20-12-1-2-12/h9-10,12,28-29H,1-8H2,(H2,21,23,30)/b11-9-,20-17?. The first-order valence-electron chi connectivity index (χ1n) is 10.0. The number of nitrogens with zero attached hydrogens (tertiary/aromatic N) is 7. The molecule has 1 aliphatic carbocycles. The van der Waals surface area contributed by atoms with E-state index in [1.165, 1.54) is 0 Å². The lowest BCUT2D eigenvalue weighted by atomic mass is 10.3. The van der Waals surface area contributed by atoms with Crippen molar-refractivity contribution < 1.29 is 10.2 Å². The Bertz CT molecular complexity index is 1230. The predicted octanol–water partition coefficient (Wildman–Crippen LogP) is -2.43. The lowest BCUT2D eigenvalue weighted by molar-refractivity contribution is 0.188. The lowest BCUT2D eigenvalue weighted by Gasteiger charge is -2.34. The van der Waals surface area contributed by atoms with Gasteiger partial charge in [-0.1, -0.05) is 0 Å². The monoisotopic (exact) mass is 413 g/mol. The number of nitrogens with one attached hydrogen (secondary N) is 2. The number of imidazole rings is 1. The molecular formula is C18H23N9O3. The molecule has 1 saturated carbocycles. The minimum Gasteiger partial charge on any atom is -0.493 e. The minimum atomic E-state index is -0.490. The summed E-state index contributed by atoms with van der Waals surface area (Å²) in [6, 6.07) is 0.263. The summed E-state index contributed by atoms with van der Waals surface area (Å²) < 4.78 is 1.59. The van der Waals surface area contributed by atoms with Crippen molar-refractivity contribution in [2.24, 2.45) is 4.99 Å². The Morgan fingerprint density at radius 3 is 2.67 bits per heavy atom. The number of aromatic amines is 2. The van der Waals surface area contributed by atoms with Gasteiger partial charge in [0.25, 0.3) is 5.62 Å². The van der Waals surface area contributed by atoms with Crippen LogP contribution in [0.15, 0.2) is 16.0 Å². The zero-order valence-electron chi connectivity index (χ0n) is 16.3. The third-order valence-corrected chi connectivity index (χ3v) is 5.32. The Morgan fingerprint density at radius 1 is 1.20 bits per heavy atom. The topological polar surface area (TPSA) is 151 Å². The highest BCUT2D eigenvalue weighted by Gasteiger charge is 2.23. The largest absolute Gasteiger partial charge is 0.493 e. The van der Waals surface area contributed by atoms with Gasteiger partial charge in [0.15, 0.2) is 5.65 Å². The summed E-state index contributed by atoms with van der Waals surface area (Å²) in [7, 11) is 0. The van der Waals surface area contributed by atoms with Crippen LogP contribution in [0, 0.1) is 0 Å². The number of anilines is 1.